The maximum absolute atomic E-state index is 9.16. The third-order valence-electron chi connectivity index (χ3n) is 3.53. The van der Waals surface area contributed by atoms with Crippen LogP contribution in [0.1, 0.15) is 13.3 Å². The van der Waals surface area contributed by atoms with Crippen LogP contribution < -0.4 is 0 Å². The first-order valence-electron chi connectivity index (χ1n) is 8.15. The molecule has 0 rings (SSSR count). The van der Waals surface area contributed by atoms with Crippen LogP contribution in [-0.4, -0.2) is 105 Å². The van der Waals surface area contributed by atoms with Crippen LogP contribution in [0.2, 0.25) is 0 Å². The van der Waals surface area contributed by atoms with E-state index < -0.39 is 0 Å². The lowest BCUT2D eigenvalue weighted by Gasteiger charge is -2.37. The molecule has 7 heteroatoms. The van der Waals surface area contributed by atoms with Gasteiger partial charge in [0.05, 0.1) is 52.9 Å². The summed E-state index contributed by atoms with van der Waals surface area (Å²) in [6, 6.07) is 0. The molecule has 0 aliphatic rings. The van der Waals surface area contributed by atoms with E-state index >= 15 is 0 Å². The highest BCUT2D eigenvalue weighted by molar-refractivity contribution is 4.45. The minimum Gasteiger partial charge on any atom is -0.391 e. The van der Waals surface area contributed by atoms with E-state index in [1.54, 1.807) is 0 Å². The Morgan fingerprint density at radius 2 is 1.00 bits per heavy atom. The van der Waals surface area contributed by atoms with Crippen molar-refractivity contribution in [2.24, 2.45) is 0 Å². The normalized spacial score (nSPS) is 12.0. The first-order valence-corrected chi connectivity index (χ1v) is 8.15. The fourth-order valence-electron chi connectivity index (χ4n) is 2.25. The Labute approximate surface area is 134 Å². The fourth-order valence-corrected chi connectivity index (χ4v) is 2.25. The zero-order valence-corrected chi connectivity index (χ0v) is 13.9. The molecule has 0 fully saturated rings. The van der Waals surface area contributed by atoms with Crippen LogP contribution in [0.5, 0.6) is 0 Å². The summed E-state index contributed by atoms with van der Waals surface area (Å²) in [6.07, 6.45) is 1.01. The van der Waals surface area contributed by atoms with E-state index in [2.05, 4.69) is 6.92 Å². The number of hydrogen-bond acceptors (Lipinski definition) is 6. The summed E-state index contributed by atoms with van der Waals surface area (Å²) in [5.41, 5.74) is 0. The SMILES string of the molecule is CCCOCCOCCOCC[N+](CCO)(CCO)CCO. The summed E-state index contributed by atoms with van der Waals surface area (Å²) in [7, 11) is 0. The van der Waals surface area contributed by atoms with E-state index in [-0.39, 0.29) is 19.8 Å². The van der Waals surface area contributed by atoms with E-state index in [9.17, 15) is 0 Å². The number of hydrogen-bond donors (Lipinski definition) is 3. The van der Waals surface area contributed by atoms with Gasteiger partial charge < -0.3 is 34.0 Å². The molecule has 22 heavy (non-hydrogen) atoms. The monoisotopic (exact) mass is 324 g/mol. The van der Waals surface area contributed by atoms with Crippen molar-refractivity contribution < 1.29 is 34.0 Å². The highest BCUT2D eigenvalue weighted by Gasteiger charge is 2.25. The quantitative estimate of drug-likeness (QED) is 0.241. The number of ether oxygens (including phenoxy) is 3. The Hall–Kier alpha value is -0.280. The molecule has 0 aromatic heterocycles. The fraction of sp³-hybridized carbons (Fsp3) is 1.00. The molecule has 0 aliphatic carbocycles. The smallest absolute Gasteiger partial charge is 0.103 e. The van der Waals surface area contributed by atoms with Crippen LogP contribution in [0, 0.1) is 0 Å². The van der Waals surface area contributed by atoms with Crippen molar-refractivity contribution in [1.29, 1.82) is 0 Å². The number of rotatable bonds is 17. The molecule has 0 saturated heterocycles. The minimum atomic E-state index is 0.0286. The first-order chi connectivity index (χ1) is 10.7. The molecule has 0 saturated carbocycles. The average molecular weight is 324 g/mol. The lowest BCUT2D eigenvalue weighted by atomic mass is 10.3. The second kappa shape index (κ2) is 15.6. The predicted octanol–water partition coefficient (Wildman–Crippen LogP) is -0.760. The summed E-state index contributed by atoms with van der Waals surface area (Å²) < 4.78 is 16.7. The summed E-state index contributed by atoms with van der Waals surface area (Å²) in [5.74, 6) is 0. The van der Waals surface area contributed by atoms with E-state index in [1.165, 1.54) is 0 Å². The second-order valence-electron chi connectivity index (χ2n) is 5.24. The van der Waals surface area contributed by atoms with Crippen molar-refractivity contribution in [3.8, 4) is 0 Å². The molecular weight excluding hydrogens is 290 g/mol. The number of aliphatic hydroxyl groups excluding tert-OH is 3. The molecule has 3 N–H and O–H groups in total. The topological polar surface area (TPSA) is 88.4 Å². The Morgan fingerprint density at radius 1 is 0.591 bits per heavy atom. The number of quaternary nitrogens is 1. The van der Waals surface area contributed by atoms with Gasteiger partial charge in [-0.05, 0) is 6.42 Å². The molecule has 0 amide bonds. The second-order valence-corrected chi connectivity index (χ2v) is 5.24. The molecule has 0 heterocycles. The van der Waals surface area contributed by atoms with Gasteiger partial charge in [0.1, 0.15) is 26.2 Å². The zero-order valence-electron chi connectivity index (χ0n) is 13.9. The molecule has 0 unspecified atom stereocenters. The van der Waals surface area contributed by atoms with Gasteiger partial charge in [-0.15, -0.1) is 0 Å². The van der Waals surface area contributed by atoms with E-state index in [0.29, 0.717) is 63.7 Å². The van der Waals surface area contributed by atoms with Gasteiger partial charge in [-0.3, -0.25) is 0 Å². The van der Waals surface area contributed by atoms with Gasteiger partial charge in [-0.2, -0.15) is 0 Å². The number of nitrogens with zero attached hydrogens (tertiary/aromatic N) is 1. The molecule has 0 atom stereocenters. The maximum atomic E-state index is 9.16. The molecule has 0 bridgehead atoms. The molecule has 0 aromatic rings. The van der Waals surface area contributed by atoms with Gasteiger partial charge in [-0.25, -0.2) is 0 Å². The molecule has 0 radical (unpaired) electrons. The third-order valence-corrected chi connectivity index (χ3v) is 3.53. The van der Waals surface area contributed by atoms with Crippen molar-refractivity contribution in [2.45, 2.75) is 13.3 Å². The van der Waals surface area contributed by atoms with Gasteiger partial charge in [0, 0.05) is 6.61 Å². The minimum absolute atomic E-state index is 0.0286. The summed E-state index contributed by atoms with van der Waals surface area (Å²) in [6.45, 7) is 7.82. The van der Waals surface area contributed by atoms with Gasteiger partial charge in [0.15, 0.2) is 0 Å². The average Bonchev–Trinajstić information content (AvgIpc) is 2.50. The van der Waals surface area contributed by atoms with Crippen LogP contribution >= 0.6 is 0 Å². The Morgan fingerprint density at radius 3 is 1.41 bits per heavy atom. The van der Waals surface area contributed by atoms with E-state index in [1.807, 2.05) is 0 Å². The van der Waals surface area contributed by atoms with Crippen molar-refractivity contribution in [3.63, 3.8) is 0 Å². The van der Waals surface area contributed by atoms with Crippen LogP contribution in [0.4, 0.5) is 0 Å². The largest absolute Gasteiger partial charge is 0.391 e. The summed E-state index contributed by atoms with van der Waals surface area (Å²) >= 11 is 0. The molecule has 0 aromatic carbocycles. The van der Waals surface area contributed by atoms with Gasteiger partial charge in [0.25, 0.3) is 0 Å². The molecule has 7 nitrogen and oxygen atoms in total. The zero-order chi connectivity index (χ0) is 16.5. The Bertz CT molecular complexity index is 213. The van der Waals surface area contributed by atoms with Crippen LogP contribution in [0.25, 0.3) is 0 Å². The molecule has 134 valence electrons. The van der Waals surface area contributed by atoms with Crippen LogP contribution in [-0.2, 0) is 14.2 Å². The van der Waals surface area contributed by atoms with Crippen molar-refractivity contribution in [1.82, 2.24) is 0 Å². The summed E-state index contributed by atoms with van der Waals surface area (Å²) in [5, 5.41) is 27.5. The molecular formula is C15H34NO6+. The van der Waals surface area contributed by atoms with Gasteiger partial charge in [-0.1, -0.05) is 6.92 Å². The predicted molar refractivity (Wildman–Crippen MR) is 83.7 cm³/mol. The van der Waals surface area contributed by atoms with E-state index in [4.69, 9.17) is 29.5 Å². The summed E-state index contributed by atoms with van der Waals surface area (Å²) in [4.78, 5) is 0. The number of aliphatic hydroxyl groups is 3. The van der Waals surface area contributed by atoms with Crippen LogP contribution in [0.15, 0.2) is 0 Å². The molecule has 0 aliphatic heterocycles. The first kappa shape index (κ1) is 21.7. The lowest BCUT2D eigenvalue weighted by molar-refractivity contribution is -0.929. The Kier molecular flexibility index (Phi) is 15.4. The lowest BCUT2D eigenvalue weighted by Crippen LogP contribution is -2.55. The maximum Gasteiger partial charge on any atom is 0.103 e. The Balaban J connectivity index is 3.70. The standard InChI is InChI=1S/C15H34NO6/c1-2-10-20-12-14-22-15-13-21-11-6-16(3-7-17,4-8-18)5-9-19/h17-19H,2-15H2,1H3/q+1. The van der Waals surface area contributed by atoms with Crippen molar-refractivity contribution in [3.05, 3.63) is 0 Å². The van der Waals surface area contributed by atoms with Gasteiger partial charge in [0.2, 0.25) is 0 Å². The van der Waals surface area contributed by atoms with Crippen LogP contribution in [0.3, 0.4) is 0 Å². The highest BCUT2D eigenvalue weighted by atomic mass is 16.5. The van der Waals surface area contributed by atoms with Crippen molar-refractivity contribution >= 4 is 0 Å². The highest BCUT2D eigenvalue weighted by Crippen LogP contribution is 2.05. The van der Waals surface area contributed by atoms with E-state index in [0.717, 1.165) is 13.0 Å². The van der Waals surface area contributed by atoms with Crippen molar-refractivity contribution in [2.75, 3.05) is 85.6 Å². The molecule has 0 spiro atoms. The van der Waals surface area contributed by atoms with Gasteiger partial charge >= 0.3 is 0 Å². The third kappa shape index (κ3) is 11.3.